The summed E-state index contributed by atoms with van der Waals surface area (Å²) in [5.41, 5.74) is 14.2. The summed E-state index contributed by atoms with van der Waals surface area (Å²) in [6.45, 7) is 0. The van der Waals surface area contributed by atoms with Crippen LogP contribution in [0.25, 0.3) is 55.0 Å². The molecule has 1 heterocycles. The molecule has 1 aliphatic rings. The average Bonchev–Trinajstić information content (AvgIpc) is 3.80. The van der Waals surface area contributed by atoms with Crippen LogP contribution in [-0.4, -0.2) is 0 Å². The smallest absolute Gasteiger partial charge is 0.140 e. The van der Waals surface area contributed by atoms with Crippen LogP contribution in [0.4, 0.5) is 17.1 Å². The molecule has 0 spiro atoms. The molecule has 0 saturated heterocycles. The summed E-state index contributed by atoms with van der Waals surface area (Å²) in [6.07, 6.45) is 0. The molecule has 258 valence electrons. The largest absolute Gasteiger partial charge is 0.456 e. The second-order valence-electron chi connectivity index (χ2n) is 14.4. The first kappa shape index (κ1) is 31.4. The van der Waals surface area contributed by atoms with E-state index in [4.69, 9.17) is 4.42 Å². The highest BCUT2D eigenvalue weighted by Crippen LogP contribution is 2.58. The van der Waals surface area contributed by atoms with E-state index in [1.165, 1.54) is 49.7 Å². The fourth-order valence-electron chi connectivity index (χ4n) is 9.24. The molecule has 0 saturated carbocycles. The SMILES string of the molecule is c1ccc(-c2ccc(N(c3cccc4ccccc34)c3cccc4oc5c(C6(c7ccccc7)c7ccccc7-c7ccccc76)cccc5c34)cc2)cc1. The van der Waals surface area contributed by atoms with Gasteiger partial charge >= 0.3 is 0 Å². The van der Waals surface area contributed by atoms with Crippen molar-refractivity contribution >= 4 is 49.8 Å². The molecule has 2 nitrogen and oxygen atoms in total. The fourth-order valence-corrected chi connectivity index (χ4v) is 9.24. The Bertz CT molecular complexity index is 2980. The summed E-state index contributed by atoms with van der Waals surface area (Å²) in [6, 6.07) is 76.7. The van der Waals surface area contributed by atoms with Gasteiger partial charge in [0.1, 0.15) is 11.2 Å². The Hall–Kier alpha value is -7.16. The lowest BCUT2D eigenvalue weighted by atomic mass is 9.67. The minimum absolute atomic E-state index is 0.579. The number of anilines is 3. The van der Waals surface area contributed by atoms with Crippen molar-refractivity contribution in [2.45, 2.75) is 5.41 Å². The van der Waals surface area contributed by atoms with E-state index in [1.807, 2.05) is 0 Å². The van der Waals surface area contributed by atoms with Crippen LogP contribution in [0.1, 0.15) is 22.3 Å². The van der Waals surface area contributed by atoms with E-state index in [1.54, 1.807) is 0 Å². The predicted octanol–water partition coefficient (Wildman–Crippen LogP) is 14.2. The third-order valence-electron chi connectivity index (χ3n) is 11.5. The molecule has 0 unspecified atom stereocenters. The van der Waals surface area contributed by atoms with Gasteiger partial charge in [0, 0.05) is 22.0 Å². The third-order valence-corrected chi connectivity index (χ3v) is 11.5. The number of rotatable bonds is 6. The molecular weight excluding hydrogens is 667 g/mol. The number of nitrogens with zero attached hydrogens (tertiary/aromatic N) is 1. The summed E-state index contributed by atoms with van der Waals surface area (Å²) in [7, 11) is 0. The maximum Gasteiger partial charge on any atom is 0.140 e. The molecule has 11 rings (SSSR count). The Kier molecular flexibility index (Phi) is 7.11. The van der Waals surface area contributed by atoms with Crippen LogP contribution in [0.3, 0.4) is 0 Å². The number of para-hydroxylation sites is 1. The summed E-state index contributed by atoms with van der Waals surface area (Å²) < 4.78 is 7.17. The molecule has 0 atom stereocenters. The highest BCUT2D eigenvalue weighted by molar-refractivity contribution is 6.16. The van der Waals surface area contributed by atoms with E-state index in [9.17, 15) is 0 Å². The average molecular weight is 702 g/mol. The molecule has 9 aromatic carbocycles. The topological polar surface area (TPSA) is 16.4 Å². The Labute approximate surface area is 320 Å². The van der Waals surface area contributed by atoms with Gasteiger partial charge in [-0.1, -0.05) is 182 Å². The molecule has 0 bridgehead atoms. The van der Waals surface area contributed by atoms with Crippen LogP contribution in [0.5, 0.6) is 0 Å². The van der Waals surface area contributed by atoms with Gasteiger partial charge in [-0.2, -0.15) is 0 Å². The van der Waals surface area contributed by atoms with E-state index in [0.29, 0.717) is 0 Å². The van der Waals surface area contributed by atoms with Crippen molar-refractivity contribution in [3.63, 3.8) is 0 Å². The number of hydrogen-bond donors (Lipinski definition) is 0. The van der Waals surface area contributed by atoms with E-state index in [2.05, 4.69) is 217 Å². The third kappa shape index (κ3) is 4.68. The van der Waals surface area contributed by atoms with Crippen LogP contribution >= 0.6 is 0 Å². The van der Waals surface area contributed by atoms with E-state index < -0.39 is 5.41 Å². The maximum absolute atomic E-state index is 7.17. The first-order valence-corrected chi connectivity index (χ1v) is 18.9. The molecule has 0 fully saturated rings. The van der Waals surface area contributed by atoms with Gasteiger partial charge < -0.3 is 9.32 Å². The molecule has 1 aromatic heterocycles. The number of hydrogen-bond acceptors (Lipinski definition) is 2. The normalized spacial score (nSPS) is 12.9. The van der Waals surface area contributed by atoms with Crippen molar-refractivity contribution in [1.29, 1.82) is 0 Å². The highest BCUT2D eigenvalue weighted by atomic mass is 16.3. The molecule has 10 aromatic rings. The Morgan fingerprint density at radius 2 is 0.927 bits per heavy atom. The van der Waals surface area contributed by atoms with E-state index in [-0.39, 0.29) is 0 Å². The van der Waals surface area contributed by atoms with Gasteiger partial charge in [-0.15, -0.1) is 0 Å². The minimum atomic E-state index is -0.579. The molecule has 2 heteroatoms. The van der Waals surface area contributed by atoms with Gasteiger partial charge in [0.05, 0.1) is 22.2 Å². The second kappa shape index (κ2) is 12.5. The lowest BCUT2D eigenvalue weighted by Gasteiger charge is -2.33. The van der Waals surface area contributed by atoms with Gasteiger partial charge in [0.25, 0.3) is 0 Å². The van der Waals surface area contributed by atoms with Crippen molar-refractivity contribution in [2.75, 3.05) is 4.90 Å². The summed E-state index contributed by atoms with van der Waals surface area (Å²) in [5.74, 6) is 0. The van der Waals surface area contributed by atoms with Crippen LogP contribution < -0.4 is 4.90 Å². The van der Waals surface area contributed by atoms with E-state index >= 15 is 0 Å². The van der Waals surface area contributed by atoms with Crippen LogP contribution in [-0.2, 0) is 5.41 Å². The molecule has 0 amide bonds. The molecule has 0 radical (unpaired) electrons. The maximum atomic E-state index is 7.17. The van der Waals surface area contributed by atoms with Crippen LogP contribution in [0.2, 0.25) is 0 Å². The van der Waals surface area contributed by atoms with Crippen molar-refractivity contribution in [3.8, 4) is 22.3 Å². The van der Waals surface area contributed by atoms with Gasteiger partial charge in [-0.05, 0) is 74.7 Å². The Morgan fingerprint density at radius 3 is 1.69 bits per heavy atom. The van der Waals surface area contributed by atoms with Crippen molar-refractivity contribution < 1.29 is 4.42 Å². The standard InChI is InChI=1S/C53H35NO/c1-3-16-36(17-4-1)37-32-34-40(35-33-37)54(48-29-13-19-38-18-7-8-22-41(38)48)49-30-15-31-50-51(49)44-25-14-28-47(52(44)55-50)53(39-20-5-2-6-21-39)45-26-11-9-23-42(45)43-24-10-12-27-46(43)53/h1-35H. The summed E-state index contributed by atoms with van der Waals surface area (Å²) in [5, 5.41) is 4.55. The number of benzene rings is 9. The quantitative estimate of drug-likeness (QED) is 0.172. The van der Waals surface area contributed by atoms with Crippen molar-refractivity contribution in [1.82, 2.24) is 0 Å². The lowest BCUT2D eigenvalue weighted by molar-refractivity contribution is 0.648. The zero-order valence-corrected chi connectivity index (χ0v) is 30.1. The Morgan fingerprint density at radius 1 is 0.382 bits per heavy atom. The number of furan rings is 1. The molecule has 1 aliphatic carbocycles. The molecule has 0 aliphatic heterocycles. The zero-order chi connectivity index (χ0) is 36.3. The fraction of sp³-hybridized carbons (Fsp3) is 0.0189. The van der Waals surface area contributed by atoms with Crippen LogP contribution in [0, 0.1) is 0 Å². The Balaban J connectivity index is 1.20. The monoisotopic (exact) mass is 701 g/mol. The van der Waals surface area contributed by atoms with Crippen molar-refractivity contribution in [2.24, 2.45) is 0 Å². The first-order chi connectivity index (χ1) is 27.3. The second-order valence-corrected chi connectivity index (χ2v) is 14.4. The zero-order valence-electron chi connectivity index (χ0n) is 30.1. The van der Waals surface area contributed by atoms with Crippen LogP contribution in [0.15, 0.2) is 217 Å². The molecule has 0 N–H and O–H groups in total. The van der Waals surface area contributed by atoms with Gasteiger partial charge in [0.2, 0.25) is 0 Å². The van der Waals surface area contributed by atoms with Gasteiger partial charge in [0.15, 0.2) is 0 Å². The highest BCUT2D eigenvalue weighted by Gasteiger charge is 2.47. The molecular formula is C53H35NO. The first-order valence-electron chi connectivity index (χ1n) is 18.9. The van der Waals surface area contributed by atoms with E-state index in [0.717, 1.165) is 44.6 Å². The minimum Gasteiger partial charge on any atom is -0.456 e. The summed E-state index contributed by atoms with van der Waals surface area (Å²) >= 11 is 0. The summed E-state index contributed by atoms with van der Waals surface area (Å²) in [4.78, 5) is 2.41. The molecule has 55 heavy (non-hydrogen) atoms. The lowest BCUT2D eigenvalue weighted by Crippen LogP contribution is -2.28. The van der Waals surface area contributed by atoms with Crippen molar-refractivity contribution in [3.05, 3.63) is 235 Å². The van der Waals surface area contributed by atoms with Gasteiger partial charge in [-0.25, -0.2) is 0 Å². The predicted molar refractivity (Wildman–Crippen MR) is 229 cm³/mol. The van der Waals surface area contributed by atoms with Gasteiger partial charge in [-0.3, -0.25) is 0 Å². The number of fused-ring (bicyclic) bond motifs is 7.